The Morgan fingerprint density at radius 3 is 2.54 bits per heavy atom. The average molecular weight is 312 g/mol. The van der Waals surface area contributed by atoms with Gasteiger partial charge in [-0.2, -0.15) is 5.26 Å². The minimum absolute atomic E-state index is 0.388. The van der Waals surface area contributed by atoms with Crippen LogP contribution < -0.4 is 0 Å². The zero-order valence-corrected chi connectivity index (χ0v) is 13.1. The lowest BCUT2D eigenvalue weighted by Gasteiger charge is -2.08. The van der Waals surface area contributed by atoms with Crippen LogP contribution in [-0.2, 0) is 11.4 Å². The number of nitrogens with zero attached hydrogens (tertiary/aromatic N) is 2. The fourth-order valence-electron chi connectivity index (χ4n) is 2.44. The van der Waals surface area contributed by atoms with Crippen LogP contribution in [0.15, 0.2) is 84.0 Å². The Morgan fingerprint density at radius 1 is 0.917 bits per heavy atom. The highest BCUT2D eigenvalue weighted by atomic mass is 16.6. The van der Waals surface area contributed by atoms with Crippen LogP contribution in [0.2, 0.25) is 0 Å². The molecule has 0 spiro atoms. The van der Waals surface area contributed by atoms with E-state index in [4.69, 9.17) is 10.1 Å². The summed E-state index contributed by atoms with van der Waals surface area (Å²) in [5.74, 6) is 0. The Hall–Kier alpha value is -3.38. The third-order valence-corrected chi connectivity index (χ3v) is 3.61. The van der Waals surface area contributed by atoms with Gasteiger partial charge in [0.25, 0.3) is 0 Å². The second kappa shape index (κ2) is 7.75. The maximum atomic E-state index is 8.90. The van der Waals surface area contributed by atoms with Gasteiger partial charge >= 0.3 is 0 Å². The molecule has 0 saturated heterocycles. The van der Waals surface area contributed by atoms with Gasteiger partial charge in [-0.15, -0.1) is 0 Å². The molecule has 0 aromatic heterocycles. The number of hydrogen-bond acceptors (Lipinski definition) is 3. The van der Waals surface area contributed by atoms with Gasteiger partial charge in [-0.05, 0) is 34.4 Å². The molecule has 0 fully saturated rings. The van der Waals surface area contributed by atoms with Crippen molar-refractivity contribution >= 4 is 6.21 Å². The second-order valence-corrected chi connectivity index (χ2v) is 5.27. The van der Waals surface area contributed by atoms with Crippen molar-refractivity contribution in [3.63, 3.8) is 0 Å². The summed E-state index contributed by atoms with van der Waals surface area (Å²) < 4.78 is 0. The molecule has 3 heteroatoms. The Labute approximate surface area is 141 Å². The first-order valence-electron chi connectivity index (χ1n) is 7.65. The van der Waals surface area contributed by atoms with Gasteiger partial charge in [-0.1, -0.05) is 71.9 Å². The van der Waals surface area contributed by atoms with E-state index in [2.05, 4.69) is 29.4 Å². The molecule has 0 bridgehead atoms. The maximum absolute atomic E-state index is 8.90. The zero-order chi connectivity index (χ0) is 16.6. The van der Waals surface area contributed by atoms with Gasteiger partial charge < -0.3 is 4.84 Å². The number of hydrogen-bond donors (Lipinski definition) is 0. The van der Waals surface area contributed by atoms with E-state index < -0.39 is 0 Å². The summed E-state index contributed by atoms with van der Waals surface area (Å²) >= 11 is 0. The van der Waals surface area contributed by atoms with E-state index >= 15 is 0 Å². The predicted octanol–water partition coefficient (Wildman–Crippen LogP) is 4.78. The van der Waals surface area contributed by atoms with Crippen molar-refractivity contribution in [3.05, 3.63) is 95.6 Å². The molecule has 116 valence electrons. The molecule has 0 radical (unpaired) electrons. The van der Waals surface area contributed by atoms with Gasteiger partial charge in [0.15, 0.2) is 0 Å². The van der Waals surface area contributed by atoms with E-state index in [0.29, 0.717) is 12.2 Å². The lowest BCUT2D eigenvalue weighted by Crippen LogP contribution is -1.92. The topological polar surface area (TPSA) is 45.4 Å². The highest BCUT2D eigenvalue weighted by Gasteiger charge is 2.04. The van der Waals surface area contributed by atoms with Crippen molar-refractivity contribution in [2.75, 3.05) is 0 Å². The smallest absolute Gasteiger partial charge is 0.142 e. The quantitative estimate of drug-likeness (QED) is 0.503. The average Bonchev–Trinajstić information content (AvgIpc) is 2.66. The number of nitriles is 1. The number of oxime groups is 1. The Morgan fingerprint density at radius 2 is 1.71 bits per heavy atom. The van der Waals surface area contributed by atoms with E-state index in [1.54, 1.807) is 18.3 Å². The van der Waals surface area contributed by atoms with Gasteiger partial charge in [-0.25, -0.2) is 0 Å². The highest BCUT2D eigenvalue weighted by Crippen LogP contribution is 2.23. The van der Waals surface area contributed by atoms with Crippen molar-refractivity contribution < 1.29 is 4.84 Å². The fourth-order valence-corrected chi connectivity index (χ4v) is 2.44. The van der Waals surface area contributed by atoms with E-state index in [-0.39, 0.29) is 0 Å². The largest absolute Gasteiger partial charge is 0.391 e. The van der Waals surface area contributed by atoms with Crippen LogP contribution in [0, 0.1) is 11.3 Å². The summed E-state index contributed by atoms with van der Waals surface area (Å²) in [5, 5.41) is 12.9. The standard InChI is InChI=1S/C21H16N2O/c22-14-17-7-6-8-18(13-17)15-23-24-16-20-11-4-5-12-21(20)19-9-2-1-3-10-19/h1-13,15H,16H2. The first-order valence-corrected chi connectivity index (χ1v) is 7.65. The van der Waals surface area contributed by atoms with Crippen molar-refractivity contribution in [1.82, 2.24) is 0 Å². The molecule has 3 aromatic carbocycles. The summed E-state index contributed by atoms with van der Waals surface area (Å²) in [6.45, 7) is 0.388. The van der Waals surface area contributed by atoms with E-state index in [1.807, 2.05) is 48.5 Å². The molecular formula is C21H16N2O. The minimum atomic E-state index is 0.388. The Bertz CT molecular complexity index is 880. The van der Waals surface area contributed by atoms with E-state index in [0.717, 1.165) is 22.3 Å². The third-order valence-electron chi connectivity index (χ3n) is 3.61. The lowest BCUT2D eigenvalue weighted by molar-refractivity contribution is 0.132. The second-order valence-electron chi connectivity index (χ2n) is 5.27. The monoisotopic (exact) mass is 312 g/mol. The Kier molecular flexibility index (Phi) is 5.01. The highest BCUT2D eigenvalue weighted by molar-refractivity contribution is 5.79. The normalized spacial score (nSPS) is 10.5. The van der Waals surface area contributed by atoms with Crippen LogP contribution >= 0.6 is 0 Å². The Balaban J connectivity index is 1.69. The molecule has 0 heterocycles. The van der Waals surface area contributed by atoms with Crippen LogP contribution in [0.25, 0.3) is 11.1 Å². The minimum Gasteiger partial charge on any atom is -0.391 e. The van der Waals surface area contributed by atoms with Gasteiger partial charge in [-0.3, -0.25) is 0 Å². The van der Waals surface area contributed by atoms with Crippen molar-refractivity contribution in [2.24, 2.45) is 5.16 Å². The molecule has 0 aliphatic carbocycles. The van der Waals surface area contributed by atoms with Crippen LogP contribution in [-0.4, -0.2) is 6.21 Å². The van der Waals surface area contributed by atoms with Crippen LogP contribution in [0.4, 0.5) is 0 Å². The molecule has 3 aromatic rings. The van der Waals surface area contributed by atoms with Gasteiger partial charge in [0.1, 0.15) is 6.61 Å². The summed E-state index contributed by atoms with van der Waals surface area (Å²) in [4.78, 5) is 5.45. The SMILES string of the molecule is N#Cc1cccc(C=NOCc2ccccc2-c2ccccc2)c1. The molecule has 24 heavy (non-hydrogen) atoms. The maximum Gasteiger partial charge on any atom is 0.142 e. The molecule has 0 unspecified atom stereocenters. The molecule has 3 nitrogen and oxygen atoms in total. The molecular weight excluding hydrogens is 296 g/mol. The predicted molar refractivity (Wildman–Crippen MR) is 95.4 cm³/mol. The molecule has 0 aliphatic rings. The van der Waals surface area contributed by atoms with E-state index in [1.165, 1.54) is 0 Å². The van der Waals surface area contributed by atoms with Crippen LogP contribution in [0.1, 0.15) is 16.7 Å². The summed E-state index contributed by atoms with van der Waals surface area (Å²) in [5.41, 5.74) is 4.81. The van der Waals surface area contributed by atoms with Crippen LogP contribution in [0.5, 0.6) is 0 Å². The first-order chi connectivity index (χ1) is 11.9. The fraction of sp³-hybridized carbons (Fsp3) is 0.0476. The summed E-state index contributed by atoms with van der Waals surface area (Å²) in [6.07, 6.45) is 1.62. The molecule has 0 N–H and O–H groups in total. The van der Waals surface area contributed by atoms with Gasteiger partial charge in [0, 0.05) is 0 Å². The first kappa shape index (κ1) is 15.5. The number of benzene rings is 3. The van der Waals surface area contributed by atoms with Gasteiger partial charge in [0.2, 0.25) is 0 Å². The molecule has 0 amide bonds. The molecule has 0 atom stereocenters. The van der Waals surface area contributed by atoms with Crippen LogP contribution in [0.3, 0.4) is 0 Å². The number of rotatable bonds is 5. The van der Waals surface area contributed by atoms with E-state index in [9.17, 15) is 0 Å². The van der Waals surface area contributed by atoms with Crippen molar-refractivity contribution in [3.8, 4) is 17.2 Å². The lowest BCUT2D eigenvalue weighted by atomic mass is 10.0. The molecule has 0 saturated carbocycles. The summed E-state index contributed by atoms with van der Waals surface area (Å²) in [7, 11) is 0. The van der Waals surface area contributed by atoms with Gasteiger partial charge in [0.05, 0.1) is 17.8 Å². The zero-order valence-electron chi connectivity index (χ0n) is 13.1. The molecule has 3 rings (SSSR count). The van der Waals surface area contributed by atoms with Crippen molar-refractivity contribution in [1.29, 1.82) is 5.26 Å². The summed E-state index contributed by atoms with van der Waals surface area (Å²) in [6, 6.07) is 27.7. The van der Waals surface area contributed by atoms with Crippen molar-refractivity contribution in [2.45, 2.75) is 6.61 Å². The molecule has 0 aliphatic heterocycles. The third kappa shape index (κ3) is 3.88.